The highest BCUT2D eigenvalue weighted by Crippen LogP contribution is 2.33. The standard InChI is InChI=1S/C19H18F3N5/c1-3-24-18-26-16(13-5-4-8-23-11-13)10-17(27-18)25-15-9-14(19(20,21)22)7-6-12(15)2/h4-11H,3H2,1-2H3,(H2,24,25,26,27). The van der Waals surface area contributed by atoms with Crippen molar-refractivity contribution >= 4 is 17.5 Å². The van der Waals surface area contributed by atoms with Crippen LogP contribution >= 0.6 is 0 Å². The molecule has 0 spiro atoms. The van der Waals surface area contributed by atoms with Gasteiger partial charge in [-0.3, -0.25) is 4.98 Å². The lowest BCUT2D eigenvalue weighted by molar-refractivity contribution is -0.137. The number of nitrogens with zero attached hydrogens (tertiary/aromatic N) is 3. The molecule has 3 aromatic rings. The average Bonchev–Trinajstić information content (AvgIpc) is 2.63. The Labute approximate surface area is 154 Å². The fourth-order valence-corrected chi connectivity index (χ4v) is 2.48. The van der Waals surface area contributed by atoms with E-state index in [2.05, 4.69) is 25.6 Å². The van der Waals surface area contributed by atoms with E-state index in [0.717, 1.165) is 17.7 Å². The van der Waals surface area contributed by atoms with E-state index in [1.54, 1.807) is 31.5 Å². The molecule has 0 radical (unpaired) electrons. The van der Waals surface area contributed by atoms with Crippen molar-refractivity contribution in [3.63, 3.8) is 0 Å². The van der Waals surface area contributed by atoms with Crippen molar-refractivity contribution in [2.75, 3.05) is 17.2 Å². The van der Waals surface area contributed by atoms with Gasteiger partial charge in [0.2, 0.25) is 5.95 Å². The molecule has 0 aliphatic heterocycles. The lowest BCUT2D eigenvalue weighted by Crippen LogP contribution is -2.08. The smallest absolute Gasteiger partial charge is 0.354 e. The van der Waals surface area contributed by atoms with Crippen LogP contribution < -0.4 is 10.6 Å². The molecular formula is C19H18F3N5. The van der Waals surface area contributed by atoms with Crippen molar-refractivity contribution in [3.8, 4) is 11.3 Å². The maximum atomic E-state index is 13.0. The van der Waals surface area contributed by atoms with E-state index < -0.39 is 11.7 Å². The zero-order valence-corrected chi connectivity index (χ0v) is 14.8. The van der Waals surface area contributed by atoms with Crippen molar-refractivity contribution in [2.45, 2.75) is 20.0 Å². The molecule has 0 aliphatic carbocycles. The predicted octanol–water partition coefficient (Wildman–Crippen LogP) is 5.04. The second-order valence-corrected chi connectivity index (χ2v) is 5.89. The minimum Gasteiger partial charge on any atom is -0.354 e. The van der Waals surface area contributed by atoms with E-state index in [1.807, 2.05) is 13.0 Å². The Morgan fingerprint density at radius 2 is 1.89 bits per heavy atom. The number of benzene rings is 1. The number of nitrogens with one attached hydrogen (secondary N) is 2. The van der Waals surface area contributed by atoms with Crippen LogP contribution in [0.3, 0.4) is 0 Å². The molecule has 5 nitrogen and oxygen atoms in total. The van der Waals surface area contributed by atoms with Crippen LogP contribution in [-0.2, 0) is 6.18 Å². The van der Waals surface area contributed by atoms with Gasteiger partial charge in [0.25, 0.3) is 0 Å². The molecule has 3 rings (SSSR count). The van der Waals surface area contributed by atoms with Crippen molar-refractivity contribution in [1.29, 1.82) is 0 Å². The van der Waals surface area contributed by atoms with Gasteiger partial charge in [-0.15, -0.1) is 0 Å². The summed E-state index contributed by atoms with van der Waals surface area (Å²) in [5, 5.41) is 6.01. The van der Waals surface area contributed by atoms with E-state index >= 15 is 0 Å². The van der Waals surface area contributed by atoms with Gasteiger partial charge in [0.05, 0.1) is 11.3 Å². The molecule has 0 amide bonds. The number of aryl methyl sites for hydroxylation is 1. The Balaban J connectivity index is 2.01. The Kier molecular flexibility index (Phi) is 5.25. The summed E-state index contributed by atoms with van der Waals surface area (Å²) < 4.78 is 39.1. The number of alkyl halides is 3. The molecule has 0 atom stereocenters. The number of rotatable bonds is 5. The maximum absolute atomic E-state index is 13.0. The first kappa shape index (κ1) is 18.6. The molecule has 1 aromatic carbocycles. The van der Waals surface area contributed by atoms with Crippen molar-refractivity contribution in [2.24, 2.45) is 0 Å². The highest BCUT2D eigenvalue weighted by atomic mass is 19.4. The van der Waals surface area contributed by atoms with E-state index in [1.165, 1.54) is 6.07 Å². The summed E-state index contributed by atoms with van der Waals surface area (Å²) >= 11 is 0. The van der Waals surface area contributed by atoms with Gasteiger partial charge in [0.1, 0.15) is 5.82 Å². The lowest BCUT2D eigenvalue weighted by atomic mass is 10.1. The summed E-state index contributed by atoms with van der Waals surface area (Å²) in [6.07, 6.45) is -1.09. The van der Waals surface area contributed by atoms with Gasteiger partial charge in [0.15, 0.2) is 0 Å². The van der Waals surface area contributed by atoms with Crippen LogP contribution in [0.1, 0.15) is 18.1 Å². The van der Waals surface area contributed by atoms with Crippen molar-refractivity contribution < 1.29 is 13.2 Å². The SMILES string of the molecule is CCNc1nc(Nc2cc(C(F)(F)F)ccc2C)cc(-c2cccnc2)n1. The molecule has 0 saturated heterocycles. The van der Waals surface area contributed by atoms with E-state index in [9.17, 15) is 13.2 Å². The summed E-state index contributed by atoms with van der Waals surface area (Å²) in [5.74, 6) is 0.771. The molecule has 0 fully saturated rings. The van der Waals surface area contributed by atoms with Crippen LogP contribution in [0.5, 0.6) is 0 Å². The van der Waals surface area contributed by atoms with E-state index in [4.69, 9.17) is 0 Å². The third-order valence-corrected chi connectivity index (χ3v) is 3.85. The molecule has 0 saturated carbocycles. The molecule has 27 heavy (non-hydrogen) atoms. The van der Waals surface area contributed by atoms with Crippen molar-refractivity contribution in [1.82, 2.24) is 15.0 Å². The van der Waals surface area contributed by atoms with Crippen LogP contribution in [0.15, 0.2) is 48.8 Å². The topological polar surface area (TPSA) is 62.7 Å². The number of anilines is 3. The Bertz CT molecular complexity index is 926. The van der Waals surface area contributed by atoms with Crippen LogP contribution in [0, 0.1) is 6.92 Å². The molecule has 2 heterocycles. The summed E-state index contributed by atoms with van der Waals surface area (Å²) in [5.41, 5.74) is 1.69. The number of halogens is 3. The highest BCUT2D eigenvalue weighted by molar-refractivity contribution is 5.68. The molecule has 8 heteroatoms. The quantitative estimate of drug-likeness (QED) is 0.656. The van der Waals surface area contributed by atoms with Gasteiger partial charge >= 0.3 is 6.18 Å². The van der Waals surface area contributed by atoms with Crippen molar-refractivity contribution in [3.05, 3.63) is 59.9 Å². The third-order valence-electron chi connectivity index (χ3n) is 3.85. The van der Waals surface area contributed by atoms with Gasteiger partial charge in [-0.2, -0.15) is 18.2 Å². The Morgan fingerprint density at radius 3 is 2.56 bits per heavy atom. The summed E-state index contributed by atoms with van der Waals surface area (Å²) in [6.45, 7) is 4.25. The molecule has 0 bridgehead atoms. The van der Waals surface area contributed by atoms with Gasteiger partial charge in [0, 0.05) is 36.3 Å². The minimum absolute atomic E-state index is 0.336. The fraction of sp³-hybridized carbons (Fsp3) is 0.211. The highest BCUT2D eigenvalue weighted by Gasteiger charge is 2.30. The number of aromatic nitrogens is 3. The minimum atomic E-state index is -4.41. The second-order valence-electron chi connectivity index (χ2n) is 5.89. The van der Waals surface area contributed by atoms with Gasteiger partial charge < -0.3 is 10.6 Å². The summed E-state index contributed by atoms with van der Waals surface area (Å²) in [7, 11) is 0. The van der Waals surface area contributed by atoms with E-state index in [-0.39, 0.29) is 0 Å². The summed E-state index contributed by atoms with van der Waals surface area (Å²) in [6, 6.07) is 8.88. The molecule has 0 unspecified atom stereocenters. The summed E-state index contributed by atoms with van der Waals surface area (Å²) in [4.78, 5) is 12.9. The fourth-order valence-electron chi connectivity index (χ4n) is 2.48. The molecule has 2 aromatic heterocycles. The number of pyridine rings is 1. The predicted molar refractivity (Wildman–Crippen MR) is 98.9 cm³/mol. The largest absolute Gasteiger partial charge is 0.416 e. The second kappa shape index (κ2) is 7.61. The molecule has 140 valence electrons. The molecular weight excluding hydrogens is 355 g/mol. The Hall–Kier alpha value is -3.16. The van der Waals surface area contributed by atoms with Gasteiger partial charge in [-0.05, 0) is 43.7 Å². The first-order valence-electron chi connectivity index (χ1n) is 8.35. The lowest BCUT2D eigenvalue weighted by Gasteiger charge is -2.14. The van der Waals surface area contributed by atoms with Gasteiger partial charge in [-0.1, -0.05) is 6.07 Å². The average molecular weight is 373 g/mol. The zero-order chi connectivity index (χ0) is 19.4. The van der Waals surface area contributed by atoms with Crippen LogP contribution in [0.25, 0.3) is 11.3 Å². The van der Waals surface area contributed by atoms with E-state index in [0.29, 0.717) is 35.3 Å². The van der Waals surface area contributed by atoms with Gasteiger partial charge in [-0.25, -0.2) is 4.98 Å². The maximum Gasteiger partial charge on any atom is 0.416 e. The number of hydrogen-bond donors (Lipinski definition) is 2. The molecule has 2 N–H and O–H groups in total. The molecule has 0 aliphatic rings. The normalized spacial score (nSPS) is 11.3. The third kappa shape index (κ3) is 4.52. The van der Waals surface area contributed by atoms with Crippen LogP contribution in [0.2, 0.25) is 0 Å². The number of hydrogen-bond acceptors (Lipinski definition) is 5. The van der Waals surface area contributed by atoms with Crippen LogP contribution in [0.4, 0.5) is 30.6 Å². The monoisotopic (exact) mass is 373 g/mol. The Morgan fingerprint density at radius 1 is 1.07 bits per heavy atom. The van der Waals surface area contributed by atoms with Crippen LogP contribution in [-0.4, -0.2) is 21.5 Å². The zero-order valence-electron chi connectivity index (χ0n) is 14.8. The first-order valence-corrected chi connectivity index (χ1v) is 8.35. The first-order chi connectivity index (χ1) is 12.9.